The van der Waals surface area contributed by atoms with Crippen LogP contribution in [-0.4, -0.2) is 26.6 Å². The number of alkyl halides is 2. The Morgan fingerprint density at radius 1 is 1.64 bits per heavy atom. The van der Waals surface area contributed by atoms with Crippen LogP contribution in [0.25, 0.3) is 0 Å². The van der Waals surface area contributed by atoms with Crippen LogP contribution in [-0.2, 0) is 20.6 Å². The van der Waals surface area contributed by atoms with Crippen LogP contribution >= 0.6 is 0 Å². The molecule has 0 aromatic rings. The molecule has 0 aromatic carbocycles. The topological polar surface area (TPSA) is 66.4 Å². The predicted molar refractivity (Wildman–Crippen MR) is 39.6 cm³/mol. The van der Waals surface area contributed by atoms with E-state index in [0.29, 0.717) is 0 Å². The van der Waals surface area contributed by atoms with E-state index in [4.69, 9.17) is 0 Å². The second-order valence-electron chi connectivity index (χ2n) is 2.23. The molecule has 0 bridgehead atoms. The Morgan fingerprint density at radius 2 is 2.07 bits per heavy atom. The molecular formula is C6H7F2NaO4S. The third-order valence-electron chi connectivity index (χ3n) is 0.964. The van der Waals surface area contributed by atoms with Crippen molar-refractivity contribution >= 4 is 17.0 Å². The fraction of sp³-hybridized carbons (Fsp3) is 0.500. The molecule has 0 spiro atoms. The molecule has 0 aliphatic heterocycles. The minimum atomic E-state index is -4.05. The molecule has 0 aliphatic carbocycles. The van der Waals surface area contributed by atoms with Crippen LogP contribution in [0.4, 0.5) is 8.78 Å². The van der Waals surface area contributed by atoms with Crippen LogP contribution in [0.1, 0.15) is 6.92 Å². The molecule has 0 saturated carbocycles. The molecule has 0 rings (SSSR count). The van der Waals surface area contributed by atoms with Crippen molar-refractivity contribution in [2.24, 2.45) is 0 Å². The van der Waals surface area contributed by atoms with E-state index in [1.165, 1.54) is 6.92 Å². The summed E-state index contributed by atoms with van der Waals surface area (Å²) in [6, 6.07) is 0. The Morgan fingerprint density at radius 3 is 2.36 bits per heavy atom. The van der Waals surface area contributed by atoms with Gasteiger partial charge in [-0.15, -0.1) is 0 Å². The maximum Gasteiger partial charge on any atom is 1.00 e. The number of carbonyl (C=O) groups is 1. The van der Waals surface area contributed by atoms with Crippen molar-refractivity contribution in [2.45, 2.75) is 12.2 Å². The van der Waals surface area contributed by atoms with Crippen LogP contribution in [0.15, 0.2) is 12.2 Å². The van der Waals surface area contributed by atoms with Crippen molar-refractivity contribution in [3.05, 3.63) is 12.2 Å². The van der Waals surface area contributed by atoms with Gasteiger partial charge in [-0.3, -0.25) is 4.21 Å². The van der Waals surface area contributed by atoms with Crippen LogP contribution in [0, 0.1) is 0 Å². The van der Waals surface area contributed by atoms with Crippen LogP contribution in [0.2, 0.25) is 0 Å². The second-order valence-corrected chi connectivity index (χ2v) is 3.30. The zero-order valence-electron chi connectivity index (χ0n) is 7.71. The van der Waals surface area contributed by atoms with E-state index in [1.807, 2.05) is 0 Å². The molecule has 4 nitrogen and oxygen atoms in total. The van der Waals surface area contributed by atoms with Gasteiger partial charge in [0.05, 0.1) is 0 Å². The SMILES string of the molecule is C=C(C)C(=O)OCC(F)(F)S(=O)[O-].[Na+]. The largest absolute Gasteiger partial charge is 1.00 e. The number of carbonyl (C=O) groups excluding carboxylic acids is 1. The summed E-state index contributed by atoms with van der Waals surface area (Å²) in [6.45, 7) is 2.89. The molecule has 0 fully saturated rings. The summed E-state index contributed by atoms with van der Waals surface area (Å²) in [5.74, 6) is -1.05. The molecule has 1 atom stereocenters. The number of hydrogen-bond acceptors (Lipinski definition) is 4. The first-order valence-corrected chi connectivity index (χ1v) is 4.14. The summed E-state index contributed by atoms with van der Waals surface area (Å²) in [4.78, 5) is 10.6. The van der Waals surface area contributed by atoms with Gasteiger partial charge in [0.25, 0.3) is 0 Å². The molecule has 0 N–H and O–H groups in total. The standard InChI is InChI=1S/C6H8F2O4S.Na/c1-4(2)5(9)12-3-6(7,8)13(10)11;/h1,3H2,2H3,(H,10,11);/q;+1/p-1. The summed E-state index contributed by atoms with van der Waals surface area (Å²) < 4.78 is 48.1. The fourth-order valence-electron chi connectivity index (χ4n) is 0.321. The van der Waals surface area contributed by atoms with Gasteiger partial charge >= 0.3 is 40.8 Å². The van der Waals surface area contributed by atoms with E-state index in [1.54, 1.807) is 0 Å². The molecule has 76 valence electrons. The van der Waals surface area contributed by atoms with Crippen molar-refractivity contribution in [3.8, 4) is 0 Å². The summed E-state index contributed by atoms with van der Waals surface area (Å²) in [5, 5.41) is -4.05. The van der Waals surface area contributed by atoms with Gasteiger partial charge in [-0.1, -0.05) is 6.58 Å². The summed E-state index contributed by atoms with van der Waals surface area (Å²) >= 11 is -3.60. The summed E-state index contributed by atoms with van der Waals surface area (Å²) in [7, 11) is 0. The van der Waals surface area contributed by atoms with Gasteiger partial charge in [-0.2, -0.15) is 8.78 Å². The third kappa shape index (κ3) is 5.82. The number of esters is 1. The Labute approximate surface area is 104 Å². The van der Waals surface area contributed by atoms with Gasteiger partial charge in [0, 0.05) is 16.7 Å². The molecule has 0 aliphatic rings. The molecule has 0 radical (unpaired) electrons. The normalized spacial score (nSPS) is 12.6. The number of hydrogen-bond donors (Lipinski definition) is 0. The molecule has 0 heterocycles. The fourth-order valence-corrected chi connectivity index (χ4v) is 0.476. The van der Waals surface area contributed by atoms with E-state index in [0.717, 1.165) is 0 Å². The van der Waals surface area contributed by atoms with Crippen molar-refractivity contribution in [3.63, 3.8) is 0 Å². The summed E-state index contributed by atoms with van der Waals surface area (Å²) in [5.41, 5.74) is -0.0764. The van der Waals surface area contributed by atoms with Gasteiger partial charge in [0.2, 0.25) is 0 Å². The minimum absolute atomic E-state index is 0. The monoisotopic (exact) mass is 236 g/mol. The van der Waals surface area contributed by atoms with Gasteiger partial charge < -0.3 is 9.29 Å². The first kappa shape index (κ1) is 16.6. The van der Waals surface area contributed by atoms with E-state index in [9.17, 15) is 22.3 Å². The zero-order chi connectivity index (χ0) is 10.6. The van der Waals surface area contributed by atoms with E-state index in [2.05, 4.69) is 11.3 Å². The second kappa shape index (κ2) is 6.62. The van der Waals surface area contributed by atoms with Crippen LogP contribution in [0.5, 0.6) is 0 Å². The molecule has 14 heavy (non-hydrogen) atoms. The summed E-state index contributed by atoms with van der Waals surface area (Å²) in [6.07, 6.45) is 0. The zero-order valence-corrected chi connectivity index (χ0v) is 10.5. The first-order chi connectivity index (χ1) is 5.77. The van der Waals surface area contributed by atoms with Crippen molar-refractivity contribution < 1.29 is 56.6 Å². The maximum absolute atomic E-state index is 12.3. The maximum atomic E-state index is 12.3. The van der Waals surface area contributed by atoms with E-state index >= 15 is 0 Å². The van der Waals surface area contributed by atoms with Crippen LogP contribution < -0.4 is 29.6 Å². The number of halogens is 2. The first-order valence-electron chi connectivity index (χ1n) is 3.07. The van der Waals surface area contributed by atoms with Crippen molar-refractivity contribution in [2.75, 3.05) is 6.61 Å². The van der Waals surface area contributed by atoms with Crippen molar-refractivity contribution in [1.82, 2.24) is 0 Å². The average Bonchev–Trinajstić information content (AvgIpc) is 1.99. The van der Waals surface area contributed by atoms with Crippen molar-refractivity contribution in [1.29, 1.82) is 0 Å². The molecule has 1 unspecified atom stereocenters. The number of rotatable bonds is 4. The molecule has 8 heteroatoms. The molecule has 0 saturated heterocycles. The minimum Gasteiger partial charge on any atom is -0.768 e. The van der Waals surface area contributed by atoms with Gasteiger partial charge in [0.1, 0.15) is 0 Å². The number of ether oxygens (including phenoxy) is 1. The molecular weight excluding hydrogens is 229 g/mol. The van der Waals surface area contributed by atoms with Crippen LogP contribution in [0.3, 0.4) is 0 Å². The predicted octanol–water partition coefficient (Wildman–Crippen LogP) is -2.42. The van der Waals surface area contributed by atoms with Gasteiger partial charge in [-0.25, -0.2) is 4.79 Å². The van der Waals surface area contributed by atoms with Gasteiger partial charge in [-0.05, 0) is 6.92 Å². The average molecular weight is 236 g/mol. The molecule has 0 aromatic heterocycles. The Bertz CT molecular complexity index is 256. The van der Waals surface area contributed by atoms with E-state index in [-0.39, 0.29) is 35.1 Å². The van der Waals surface area contributed by atoms with E-state index < -0.39 is 28.9 Å². The quantitative estimate of drug-likeness (QED) is 0.236. The Kier molecular flexibility index (Phi) is 7.86. The third-order valence-corrected chi connectivity index (χ3v) is 1.57. The Hall–Kier alpha value is 0.180. The van der Waals surface area contributed by atoms with Gasteiger partial charge in [0.15, 0.2) is 6.61 Å². The Balaban J connectivity index is 0. The smallest absolute Gasteiger partial charge is 0.768 e. The molecule has 0 amide bonds.